The zero-order chi connectivity index (χ0) is 11.5. The van der Waals surface area contributed by atoms with Gasteiger partial charge in [0.15, 0.2) is 0 Å². The third kappa shape index (κ3) is 4.01. The summed E-state index contributed by atoms with van der Waals surface area (Å²) in [7, 11) is 0. The van der Waals surface area contributed by atoms with E-state index < -0.39 is 18.5 Å². The highest BCUT2D eigenvalue weighted by Gasteiger charge is 2.36. The Bertz CT molecular complexity index is 232. The lowest BCUT2D eigenvalue weighted by Crippen LogP contribution is -2.45. The Balaban J connectivity index is 2.56. The van der Waals surface area contributed by atoms with Crippen molar-refractivity contribution >= 4 is 21.8 Å². The summed E-state index contributed by atoms with van der Waals surface area (Å²) in [6, 6.07) is -0.0754. The number of carbonyl (C=O) groups is 1. The third-order valence-electron chi connectivity index (χ3n) is 2.48. The van der Waals surface area contributed by atoms with Gasteiger partial charge in [-0.15, -0.1) is 0 Å². The smallest absolute Gasteiger partial charge is 0.339 e. The minimum atomic E-state index is -4.40. The normalized spacial score (nSPS) is 22.9. The molecule has 0 radical (unpaired) electrons. The summed E-state index contributed by atoms with van der Waals surface area (Å²) in [6.45, 7) is 0.450. The van der Waals surface area contributed by atoms with Crippen LogP contribution in [0.5, 0.6) is 0 Å². The molecule has 88 valence electrons. The number of hydrogen-bond acceptors (Lipinski definition) is 1. The van der Waals surface area contributed by atoms with Gasteiger partial charge < -0.3 is 4.90 Å². The van der Waals surface area contributed by atoms with Gasteiger partial charge in [0, 0.05) is 17.9 Å². The minimum absolute atomic E-state index is 0.0754. The molecule has 0 aromatic carbocycles. The molecular weight excluding hydrogens is 275 g/mol. The fourth-order valence-corrected chi connectivity index (χ4v) is 2.44. The van der Waals surface area contributed by atoms with Gasteiger partial charge in [-0.2, -0.15) is 13.2 Å². The summed E-state index contributed by atoms with van der Waals surface area (Å²) < 4.78 is 36.1. The van der Waals surface area contributed by atoms with Gasteiger partial charge in [-0.05, 0) is 19.3 Å². The number of carbonyl (C=O) groups excluding carboxylic acids is 1. The average Bonchev–Trinajstić information content (AvgIpc) is 2.15. The standard InChI is InChI=1S/C9H13BrF3NO/c10-6-7-3-1-2-4-14(7)8(15)5-9(11,12)13/h7H,1-6H2. The van der Waals surface area contributed by atoms with Gasteiger partial charge in [0.25, 0.3) is 0 Å². The lowest BCUT2D eigenvalue weighted by molar-refractivity contribution is -0.163. The molecule has 1 fully saturated rings. The van der Waals surface area contributed by atoms with E-state index in [1.54, 1.807) is 0 Å². The summed E-state index contributed by atoms with van der Waals surface area (Å²) in [5.41, 5.74) is 0. The zero-order valence-electron chi connectivity index (χ0n) is 8.19. The van der Waals surface area contributed by atoms with E-state index in [4.69, 9.17) is 0 Å². The first-order chi connectivity index (χ1) is 6.94. The molecule has 0 aromatic rings. The lowest BCUT2D eigenvalue weighted by atomic mass is 10.0. The maximum absolute atomic E-state index is 12.0. The Morgan fingerprint density at radius 3 is 2.60 bits per heavy atom. The second kappa shape index (κ2) is 5.18. The van der Waals surface area contributed by atoms with E-state index in [-0.39, 0.29) is 6.04 Å². The molecule has 1 saturated heterocycles. The number of rotatable bonds is 2. The number of hydrogen-bond donors (Lipinski definition) is 0. The van der Waals surface area contributed by atoms with Crippen LogP contribution >= 0.6 is 15.9 Å². The van der Waals surface area contributed by atoms with Crippen molar-refractivity contribution in [3.63, 3.8) is 0 Å². The van der Waals surface area contributed by atoms with Gasteiger partial charge in [-0.1, -0.05) is 15.9 Å². The van der Waals surface area contributed by atoms with Gasteiger partial charge >= 0.3 is 6.18 Å². The molecule has 1 heterocycles. The fourth-order valence-electron chi connectivity index (χ4n) is 1.76. The molecule has 1 aliphatic heterocycles. The zero-order valence-corrected chi connectivity index (χ0v) is 9.77. The van der Waals surface area contributed by atoms with Crippen molar-refractivity contribution < 1.29 is 18.0 Å². The monoisotopic (exact) mass is 287 g/mol. The second-order valence-electron chi connectivity index (χ2n) is 3.68. The van der Waals surface area contributed by atoms with Gasteiger partial charge in [0.2, 0.25) is 5.91 Å². The number of halogens is 4. The molecule has 1 aliphatic rings. The number of nitrogens with zero attached hydrogens (tertiary/aromatic N) is 1. The number of amides is 1. The van der Waals surface area contributed by atoms with Crippen LogP contribution in [-0.2, 0) is 4.79 Å². The fraction of sp³-hybridized carbons (Fsp3) is 0.889. The Labute approximate surface area is 94.9 Å². The molecule has 2 nitrogen and oxygen atoms in total. The molecule has 1 atom stereocenters. The van der Waals surface area contributed by atoms with Crippen LogP contribution in [0.4, 0.5) is 13.2 Å². The van der Waals surface area contributed by atoms with Crippen molar-refractivity contribution in [3.05, 3.63) is 0 Å². The third-order valence-corrected chi connectivity index (χ3v) is 3.22. The van der Waals surface area contributed by atoms with Crippen LogP contribution in [0.15, 0.2) is 0 Å². The lowest BCUT2D eigenvalue weighted by Gasteiger charge is -2.35. The van der Waals surface area contributed by atoms with E-state index in [1.807, 2.05) is 0 Å². The summed E-state index contributed by atoms with van der Waals surface area (Å²) in [4.78, 5) is 12.7. The van der Waals surface area contributed by atoms with Crippen molar-refractivity contribution in [3.8, 4) is 0 Å². The number of likely N-dealkylation sites (tertiary alicyclic amines) is 1. The van der Waals surface area contributed by atoms with Crippen LogP contribution in [0.2, 0.25) is 0 Å². The molecular formula is C9H13BrF3NO. The van der Waals surface area contributed by atoms with Crippen molar-refractivity contribution in [2.45, 2.75) is 37.9 Å². The van der Waals surface area contributed by atoms with Crippen LogP contribution in [0.1, 0.15) is 25.7 Å². The molecule has 6 heteroatoms. The van der Waals surface area contributed by atoms with Crippen LogP contribution in [0.3, 0.4) is 0 Å². The second-order valence-corrected chi connectivity index (χ2v) is 4.33. The molecule has 1 unspecified atom stereocenters. The van der Waals surface area contributed by atoms with E-state index in [2.05, 4.69) is 15.9 Å². The van der Waals surface area contributed by atoms with Crippen molar-refractivity contribution in [2.75, 3.05) is 11.9 Å². The van der Waals surface area contributed by atoms with Crippen molar-refractivity contribution in [1.82, 2.24) is 4.90 Å². The quantitative estimate of drug-likeness (QED) is 0.715. The summed E-state index contributed by atoms with van der Waals surface area (Å²) in [6.07, 6.45) is -3.17. The van der Waals surface area contributed by atoms with E-state index in [0.29, 0.717) is 11.9 Å². The van der Waals surface area contributed by atoms with Crippen LogP contribution in [0, 0.1) is 0 Å². The molecule has 15 heavy (non-hydrogen) atoms. The Morgan fingerprint density at radius 2 is 2.07 bits per heavy atom. The first kappa shape index (κ1) is 12.8. The Hall–Kier alpha value is -0.260. The molecule has 0 spiro atoms. The SMILES string of the molecule is O=C(CC(F)(F)F)N1CCCCC1CBr. The largest absolute Gasteiger partial charge is 0.397 e. The van der Waals surface area contributed by atoms with E-state index in [9.17, 15) is 18.0 Å². The molecule has 0 N–H and O–H groups in total. The van der Waals surface area contributed by atoms with E-state index in [1.165, 1.54) is 4.90 Å². The highest BCUT2D eigenvalue weighted by molar-refractivity contribution is 9.09. The van der Waals surface area contributed by atoms with Crippen molar-refractivity contribution in [2.24, 2.45) is 0 Å². The molecule has 1 amide bonds. The average molecular weight is 288 g/mol. The summed E-state index contributed by atoms with van der Waals surface area (Å²) >= 11 is 3.22. The van der Waals surface area contributed by atoms with Gasteiger partial charge in [-0.3, -0.25) is 4.79 Å². The minimum Gasteiger partial charge on any atom is -0.339 e. The Morgan fingerprint density at radius 1 is 1.40 bits per heavy atom. The van der Waals surface area contributed by atoms with Crippen LogP contribution < -0.4 is 0 Å². The molecule has 1 rings (SSSR count). The highest BCUT2D eigenvalue weighted by atomic mass is 79.9. The van der Waals surface area contributed by atoms with E-state index in [0.717, 1.165) is 19.3 Å². The highest BCUT2D eigenvalue weighted by Crippen LogP contribution is 2.25. The van der Waals surface area contributed by atoms with Gasteiger partial charge in [-0.25, -0.2) is 0 Å². The molecule has 0 aromatic heterocycles. The van der Waals surface area contributed by atoms with Crippen LogP contribution in [0.25, 0.3) is 0 Å². The predicted octanol–water partition coefficient (Wildman–Crippen LogP) is 2.71. The van der Waals surface area contributed by atoms with Gasteiger partial charge in [0.1, 0.15) is 6.42 Å². The van der Waals surface area contributed by atoms with Gasteiger partial charge in [0.05, 0.1) is 0 Å². The van der Waals surface area contributed by atoms with Crippen LogP contribution in [-0.4, -0.2) is 34.9 Å². The maximum Gasteiger partial charge on any atom is 0.397 e. The first-order valence-corrected chi connectivity index (χ1v) is 5.98. The summed E-state index contributed by atoms with van der Waals surface area (Å²) in [5.74, 6) is -0.799. The first-order valence-electron chi connectivity index (χ1n) is 4.86. The number of alkyl halides is 4. The van der Waals surface area contributed by atoms with Crippen molar-refractivity contribution in [1.29, 1.82) is 0 Å². The molecule has 0 saturated carbocycles. The van der Waals surface area contributed by atoms with E-state index >= 15 is 0 Å². The maximum atomic E-state index is 12.0. The topological polar surface area (TPSA) is 20.3 Å². The molecule has 0 aliphatic carbocycles. The summed E-state index contributed by atoms with van der Waals surface area (Å²) in [5, 5.41) is 0.552. The Kier molecular flexibility index (Phi) is 4.43. The number of piperidine rings is 1. The molecule has 0 bridgehead atoms. The predicted molar refractivity (Wildman–Crippen MR) is 53.8 cm³/mol.